The van der Waals surface area contributed by atoms with Crippen molar-refractivity contribution >= 4 is 22.6 Å². The van der Waals surface area contributed by atoms with Gasteiger partial charge < -0.3 is 15.5 Å². The summed E-state index contributed by atoms with van der Waals surface area (Å²) in [7, 11) is 0. The molecule has 1 fully saturated rings. The highest BCUT2D eigenvalue weighted by atomic mass is 16.2. The Labute approximate surface area is 193 Å². The molecule has 2 N–H and O–H groups in total. The van der Waals surface area contributed by atoms with Crippen LogP contribution in [0.15, 0.2) is 85.2 Å². The van der Waals surface area contributed by atoms with Gasteiger partial charge in [-0.1, -0.05) is 66.7 Å². The molecule has 1 atom stereocenters. The van der Waals surface area contributed by atoms with Crippen molar-refractivity contribution in [2.45, 2.75) is 12.5 Å². The molecule has 33 heavy (non-hydrogen) atoms. The van der Waals surface area contributed by atoms with E-state index in [0.717, 1.165) is 40.9 Å². The van der Waals surface area contributed by atoms with Crippen molar-refractivity contribution in [3.05, 3.63) is 90.8 Å². The molecule has 2 heterocycles. The Balaban J connectivity index is 1.19. The fraction of sp³-hybridized carbons (Fsp3) is 0.222. The summed E-state index contributed by atoms with van der Waals surface area (Å²) < 4.78 is 0. The lowest BCUT2D eigenvalue weighted by Gasteiger charge is -2.36. The molecule has 0 aliphatic carbocycles. The number of aromatic nitrogens is 2. The van der Waals surface area contributed by atoms with Crippen molar-refractivity contribution in [1.29, 1.82) is 0 Å². The van der Waals surface area contributed by atoms with Crippen molar-refractivity contribution in [3.8, 4) is 11.1 Å². The summed E-state index contributed by atoms with van der Waals surface area (Å²) in [5.74, 6) is 0.935. The highest BCUT2D eigenvalue weighted by Gasteiger charge is 2.26. The van der Waals surface area contributed by atoms with Gasteiger partial charge in [-0.3, -0.25) is 4.79 Å². The third-order valence-corrected chi connectivity index (χ3v) is 6.25. The number of hydrogen-bond acceptors (Lipinski definition) is 5. The molecule has 0 bridgehead atoms. The van der Waals surface area contributed by atoms with Crippen LogP contribution in [0.25, 0.3) is 22.0 Å². The molecule has 4 aromatic rings. The second-order valence-corrected chi connectivity index (χ2v) is 8.40. The fourth-order valence-electron chi connectivity index (χ4n) is 4.42. The molecule has 0 spiro atoms. The number of fused-ring (bicyclic) bond motifs is 1. The van der Waals surface area contributed by atoms with Crippen molar-refractivity contribution in [2.24, 2.45) is 5.73 Å². The van der Waals surface area contributed by atoms with E-state index in [9.17, 15) is 4.79 Å². The average molecular weight is 438 g/mol. The van der Waals surface area contributed by atoms with E-state index in [-0.39, 0.29) is 5.91 Å². The number of nitrogens with zero attached hydrogens (tertiary/aromatic N) is 4. The standard InChI is InChI=1S/C27H27N5O/c28-24(18-20-10-12-22(13-11-20)21-6-2-1-3-7-21)27(33)32-16-14-31(15-17-32)26-23-8-4-5-9-25(23)29-19-30-26/h1-13,19,24H,14-18,28H2/t24-/m1/s1. The van der Waals surface area contributed by atoms with E-state index in [0.29, 0.717) is 19.5 Å². The topological polar surface area (TPSA) is 75.4 Å². The molecule has 166 valence electrons. The van der Waals surface area contributed by atoms with Crippen LogP contribution in [0.5, 0.6) is 0 Å². The zero-order valence-corrected chi connectivity index (χ0v) is 18.5. The Hall–Kier alpha value is -3.77. The lowest BCUT2D eigenvalue weighted by molar-refractivity contribution is -0.132. The van der Waals surface area contributed by atoms with Gasteiger partial charge in [0.2, 0.25) is 5.91 Å². The van der Waals surface area contributed by atoms with Crippen LogP contribution in [0.2, 0.25) is 0 Å². The molecule has 0 radical (unpaired) electrons. The number of carbonyl (C=O) groups is 1. The fourth-order valence-corrected chi connectivity index (χ4v) is 4.42. The third kappa shape index (κ3) is 4.56. The van der Waals surface area contributed by atoms with E-state index in [4.69, 9.17) is 5.73 Å². The van der Waals surface area contributed by atoms with Gasteiger partial charge >= 0.3 is 0 Å². The Kier molecular flexibility index (Phi) is 6.00. The molecule has 5 rings (SSSR count). The minimum absolute atomic E-state index is 0.00864. The predicted octanol–water partition coefficient (Wildman–Crippen LogP) is 3.52. The Morgan fingerprint density at radius 3 is 2.24 bits per heavy atom. The zero-order chi connectivity index (χ0) is 22.6. The minimum Gasteiger partial charge on any atom is -0.352 e. The van der Waals surface area contributed by atoms with Crippen LogP contribution in [0, 0.1) is 0 Å². The van der Waals surface area contributed by atoms with Crippen LogP contribution in [-0.2, 0) is 11.2 Å². The minimum atomic E-state index is -0.543. The Bertz CT molecular complexity index is 1230. The van der Waals surface area contributed by atoms with Gasteiger partial charge in [0.25, 0.3) is 0 Å². The van der Waals surface area contributed by atoms with Crippen molar-refractivity contribution < 1.29 is 4.79 Å². The highest BCUT2D eigenvalue weighted by Crippen LogP contribution is 2.24. The Morgan fingerprint density at radius 2 is 1.48 bits per heavy atom. The second-order valence-electron chi connectivity index (χ2n) is 8.40. The lowest BCUT2D eigenvalue weighted by atomic mass is 10.0. The number of benzene rings is 3. The number of amides is 1. The van der Waals surface area contributed by atoms with Crippen LogP contribution >= 0.6 is 0 Å². The molecular weight excluding hydrogens is 410 g/mol. The van der Waals surface area contributed by atoms with Gasteiger partial charge in [-0.25, -0.2) is 9.97 Å². The maximum atomic E-state index is 13.0. The number of hydrogen-bond donors (Lipinski definition) is 1. The molecule has 1 amide bonds. The molecule has 0 unspecified atom stereocenters. The average Bonchev–Trinajstić information content (AvgIpc) is 2.89. The van der Waals surface area contributed by atoms with Gasteiger partial charge in [0, 0.05) is 31.6 Å². The third-order valence-electron chi connectivity index (χ3n) is 6.25. The van der Waals surface area contributed by atoms with Crippen LogP contribution < -0.4 is 10.6 Å². The van der Waals surface area contributed by atoms with Crippen LogP contribution in [0.3, 0.4) is 0 Å². The first-order chi connectivity index (χ1) is 16.2. The maximum Gasteiger partial charge on any atom is 0.239 e. The highest BCUT2D eigenvalue weighted by molar-refractivity contribution is 5.89. The van der Waals surface area contributed by atoms with Gasteiger partial charge in [-0.05, 0) is 35.2 Å². The summed E-state index contributed by atoms with van der Waals surface area (Å²) >= 11 is 0. The van der Waals surface area contributed by atoms with E-state index in [1.165, 1.54) is 5.56 Å². The number of nitrogens with two attached hydrogens (primary N) is 1. The van der Waals surface area contributed by atoms with E-state index < -0.39 is 6.04 Å². The summed E-state index contributed by atoms with van der Waals surface area (Å²) in [5, 5.41) is 1.04. The van der Waals surface area contributed by atoms with Crippen LogP contribution in [-0.4, -0.2) is 53.0 Å². The van der Waals surface area contributed by atoms with Gasteiger partial charge in [0.15, 0.2) is 0 Å². The lowest BCUT2D eigenvalue weighted by Crippen LogP contribution is -2.53. The molecule has 1 aliphatic heterocycles. The summed E-state index contributed by atoms with van der Waals surface area (Å²) in [6.45, 7) is 2.73. The predicted molar refractivity (Wildman–Crippen MR) is 132 cm³/mol. The first-order valence-corrected chi connectivity index (χ1v) is 11.3. The molecule has 6 heteroatoms. The van der Waals surface area contributed by atoms with E-state index in [1.54, 1.807) is 6.33 Å². The number of carbonyl (C=O) groups excluding carboxylic acids is 1. The van der Waals surface area contributed by atoms with Crippen molar-refractivity contribution in [3.63, 3.8) is 0 Å². The van der Waals surface area contributed by atoms with E-state index in [1.807, 2.05) is 47.4 Å². The molecular formula is C27H27N5O. The summed E-state index contributed by atoms with van der Waals surface area (Å²) in [6, 6.07) is 26.0. The Morgan fingerprint density at radius 1 is 0.818 bits per heavy atom. The van der Waals surface area contributed by atoms with Crippen molar-refractivity contribution in [1.82, 2.24) is 14.9 Å². The quantitative estimate of drug-likeness (QED) is 0.517. The zero-order valence-electron chi connectivity index (χ0n) is 18.5. The number of anilines is 1. The van der Waals surface area contributed by atoms with Gasteiger partial charge in [0.05, 0.1) is 11.6 Å². The van der Waals surface area contributed by atoms with Gasteiger partial charge in [-0.2, -0.15) is 0 Å². The monoisotopic (exact) mass is 437 g/mol. The van der Waals surface area contributed by atoms with Gasteiger partial charge in [-0.15, -0.1) is 0 Å². The van der Waals surface area contributed by atoms with E-state index >= 15 is 0 Å². The first kappa shape index (κ1) is 21.1. The molecule has 1 aliphatic rings. The summed E-state index contributed by atoms with van der Waals surface area (Å²) in [4.78, 5) is 26.0. The number of rotatable bonds is 5. The van der Waals surface area contributed by atoms with E-state index in [2.05, 4.69) is 51.3 Å². The SMILES string of the molecule is N[C@H](Cc1ccc(-c2ccccc2)cc1)C(=O)N1CCN(c2ncnc3ccccc23)CC1. The smallest absolute Gasteiger partial charge is 0.239 e. The molecule has 6 nitrogen and oxygen atoms in total. The first-order valence-electron chi connectivity index (χ1n) is 11.3. The number of para-hydroxylation sites is 1. The molecule has 3 aromatic carbocycles. The maximum absolute atomic E-state index is 13.0. The molecule has 1 aromatic heterocycles. The largest absolute Gasteiger partial charge is 0.352 e. The van der Waals surface area contributed by atoms with Gasteiger partial charge in [0.1, 0.15) is 12.1 Å². The normalized spacial score (nSPS) is 14.9. The summed E-state index contributed by atoms with van der Waals surface area (Å²) in [6.07, 6.45) is 2.14. The van der Waals surface area contributed by atoms with Crippen molar-refractivity contribution in [2.75, 3.05) is 31.1 Å². The second kappa shape index (κ2) is 9.38. The molecule has 1 saturated heterocycles. The summed E-state index contributed by atoms with van der Waals surface area (Å²) in [5.41, 5.74) is 10.7. The van der Waals surface area contributed by atoms with Crippen LogP contribution in [0.4, 0.5) is 5.82 Å². The number of piperazine rings is 1. The van der Waals surface area contributed by atoms with Crippen LogP contribution in [0.1, 0.15) is 5.56 Å². The molecule has 0 saturated carbocycles.